The van der Waals surface area contributed by atoms with Gasteiger partial charge < -0.3 is 10.5 Å². The highest BCUT2D eigenvalue weighted by Gasteiger charge is 2.31. The van der Waals surface area contributed by atoms with Gasteiger partial charge in [0.1, 0.15) is 5.75 Å². The van der Waals surface area contributed by atoms with E-state index >= 15 is 0 Å². The number of nitrogens with two attached hydrogens (primary N) is 1. The van der Waals surface area contributed by atoms with E-state index in [0.717, 1.165) is 11.3 Å². The number of benzene rings is 1. The topological polar surface area (TPSA) is 48.1 Å². The predicted octanol–water partition coefficient (Wildman–Crippen LogP) is 3.34. The number of aromatic nitrogens is 1. The van der Waals surface area contributed by atoms with E-state index in [9.17, 15) is 13.2 Å². The van der Waals surface area contributed by atoms with Crippen LogP contribution in [0.3, 0.4) is 0 Å². The molecule has 0 saturated heterocycles. The molecule has 0 fully saturated rings. The molecule has 0 amide bonds. The van der Waals surface area contributed by atoms with Crippen LogP contribution < -0.4 is 10.5 Å². The number of rotatable bonds is 3. The second kappa shape index (κ2) is 5.50. The zero-order chi connectivity index (χ0) is 14.8. The Bertz CT molecular complexity index is 599. The fourth-order valence-corrected chi connectivity index (χ4v) is 1.91. The van der Waals surface area contributed by atoms with E-state index in [2.05, 4.69) is 9.72 Å². The second-order valence-electron chi connectivity index (χ2n) is 4.28. The molecule has 0 radical (unpaired) electrons. The van der Waals surface area contributed by atoms with Gasteiger partial charge in [-0.25, -0.2) is 0 Å². The molecule has 2 rings (SSSR count). The largest absolute Gasteiger partial charge is 0.573 e. The molecule has 1 aromatic heterocycles. The zero-order valence-electron chi connectivity index (χ0n) is 10.7. The quantitative estimate of drug-likeness (QED) is 0.939. The lowest BCUT2D eigenvalue weighted by Crippen LogP contribution is -2.18. The van der Waals surface area contributed by atoms with Crippen molar-refractivity contribution in [1.29, 1.82) is 0 Å². The molecule has 0 aliphatic heterocycles. The Morgan fingerprint density at radius 1 is 1.20 bits per heavy atom. The Morgan fingerprint density at radius 2 is 1.95 bits per heavy atom. The molecule has 1 heterocycles. The summed E-state index contributed by atoms with van der Waals surface area (Å²) in [5.41, 5.74) is 8.10. The molecule has 0 bridgehead atoms. The third-order valence-corrected chi connectivity index (χ3v) is 2.83. The first-order valence-corrected chi connectivity index (χ1v) is 5.89. The van der Waals surface area contributed by atoms with E-state index in [1.807, 2.05) is 0 Å². The fraction of sp³-hybridized carbons (Fsp3) is 0.214. The molecule has 1 aromatic carbocycles. The average molecular weight is 282 g/mol. The average Bonchev–Trinajstić information content (AvgIpc) is 2.37. The maximum atomic E-state index is 12.2. The molecule has 0 spiro atoms. The van der Waals surface area contributed by atoms with Gasteiger partial charge in [-0.2, -0.15) is 0 Å². The summed E-state index contributed by atoms with van der Waals surface area (Å²) < 4.78 is 40.5. The van der Waals surface area contributed by atoms with Crippen LogP contribution in [0.5, 0.6) is 5.75 Å². The predicted molar refractivity (Wildman–Crippen MR) is 68.1 cm³/mol. The molecular weight excluding hydrogens is 269 g/mol. The van der Waals surface area contributed by atoms with Gasteiger partial charge >= 0.3 is 6.36 Å². The van der Waals surface area contributed by atoms with Crippen LogP contribution in [-0.4, -0.2) is 11.3 Å². The molecule has 20 heavy (non-hydrogen) atoms. The summed E-state index contributed by atoms with van der Waals surface area (Å²) in [4.78, 5) is 4.12. The third-order valence-electron chi connectivity index (χ3n) is 2.83. The molecule has 1 atom stereocenters. The van der Waals surface area contributed by atoms with E-state index < -0.39 is 12.4 Å². The Balaban J connectivity index is 2.29. The first kappa shape index (κ1) is 14.3. The third kappa shape index (κ3) is 3.48. The molecule has 0 aliphatic carbocycles. The highest BCUT2D eigenvalue weighted by molar-refractivity contribution is 5.37. The van der Waals surface area contributed by atoms with Crippen molar-refractivity contribution in [3.05, 3.63) is 59.4 Å². The lowest BCUT2D eigenvalue weighted by atomic mass is 9.98. The summed E-state index contributed by atoms with van der Waals surface area (Å²) in [6.07, 6.45) is -3.08. The lowest BCUT2D eigenvalue weighted by Gasteiger charge is -2.16. The smallest absolute Gasteiger partial charge is 0.406 e. The van der Waals surface area contributed by atoms with Gasteiger partial charge in [-0.1, -0.05) is 18.2 Å². The number of pyridine rings is 1. The summed E-state index contributed by atoms with van der Waals surface area (Å²) >= 11 is 0. The highest BCUT2D eigenvalue weighted by atomic mass is 19.4. The number of alkyl halides is 3. The monoisotopic (exact) mass is 282 g/mol. The molecule has 3 nitrogen and oxygen atoms in total. The normalized spacial score (nSPS) is 13.1. The van der Waals surface area contributed by atoms with Crippen LogP contribution in [0.25, 0.3) is 0 Å². The molecule has 1 unspecified atom stereocenters. The molecular formula is C14H13F3N2O. The van der Waals surface area contributed by atoms with Gasteiger partial charge in [0, 0.05) is 11.9 Å². The fourth-order valence-electron chi connectivity index (χ4n) is 1.91. The van der Waals surface area contributed by atoms with E-state index in [4.69, 9.17) is 5.73 Å². The van der Waals surface area contributed by atoms with Crippen molar-refractivity contribution >= 4 is 0 Å². The maximum Gasteiger partial charge on any atom is 0.573 e. The maximum absolute atomic E-state index is 12.2. The van der Waals surface area contributed by atoms with Crippen LogP contribution in [-0.2, 0) is 0 Å². The zero-order valence-corrected chi connectivity index (χ0v) is 10.7. The summed E-state index contributed by atoms with van der Waals surface area (Å²) in [6.45, 7) is 1.80. The molecule has 2 N–H and O–H groups in total. The van der Waals surface area contributed by atoms with Gasteiger partial charge in [0.25, 0.3) is 0 Å². The number of hydrogen-bond acceptors (Lipinski definition) is 3. The Labute approximate surface area is 114 Å². The van der Waals surface area contributed by atoms with Crippen molar-refractivity contribution in [2.24, 2.45) is 5.73 Å². The van der Waals surface area contributed by atoms with Gasteiger partial charge in [0.15, 0.2) is 0 Å². The van der Waals surface area contributed by atoms with Crippen LogP contribution in [0.1, 0.15) is 22.9 Å². The number of halogens is 3. The van der Waals surface area contributed by atoms with Gasteiger partial charge in [0.05, 0.1) is 6.04 Å². The molecule has 6 heteroatoms. The van der Waals surface area contributed by atoms with Crippen LogP contribution in [0.2, 0.25) is 0 Å². The van der Waals surface area contributed by atoms with Crippen molar-refractivity contribution in [3.8, 4) is 5.75 Å². The van der Waals surface area contributed by atoms with Gasteiger partial charge in [-0.15, -0.1) is 13.2 Å². The Morgan fingerprint density at radius 3 is 2.60 bits per heavy atom. The van der Waals surface area contributed by atoms with Crippen LogP contribution in [0.15, 0.2) is 42.6 Å². The summed E-state index contributed by atoms with van der Waals surface area (Å²) in [6, 6.07) is 8.62. The van der Waals surface area contributed by atoms with Crippen LogP contribution in [0, 0.1) is 6.92 Å². The van der Waals surface area contributed by atoms with Crippen molar-refractivity contribution in [3.63, 3.8) is 0 Å². The second-order valence-corrected chi connectivity index (χ2v) is 4.28. The van der Waals surface area contributed by atoms with E-state index in [-0.39, 0.29) is 5.75 Å². The van der Waals surface area contributed by atoms with Crippen LogP contribution >= 0.6 is 0 Å². The summed E-state index contributed by atoms with van der Waals surface area (Å²) in [7, 11) is 0. The highest BCUT2D eigenvalue weighted by Crippen LogP contribution is 2.27. The van der Waals surface area contributed by atoms with E-state index in [0.29, 0.717) is 5.56 Å². The summed E-state index contributed by atoms with van der Waals surface area (Å²) in [5.74, 6) is -0.285. The summed E-state index contributed by atoms with van der Waals surface area (Å²) in [5, 5.41) is 0. The molecule has 0 aliphatic rings. The van der Waals surface area contributed by atoms with E-state index in [1.54, 1.807) is 31.3 Å². The number of nitrogens with zero attached hydrogens (tertiary/aromatic N) is 1. The Hall–Kier alpha value is -2.08. The van der Waals surface area contributed by atoms with Gasteiger partial charge in [-0.05, 0) is 36.2 Å². The van der Waals surface area contributed by atoms with E-state index in [1.165, 1.54) is 18.2 Å². The van der Waals surface area contributed by atoms with Crippen LogP contribution in [0.4, 0.5) is 13.2 Å². The molecule has 2 aromatic rings. The first-order chi connectivity index (χ1) is 9.37. The van der Waals surface area contributed by atoms with Crippen molar-refractivity contribution < 1.29 is 17.9 Å². The molecule has 0 saturated carbocycles. The van der Waals surface area contributed by atoms with Crippen molar-refractivity contribution in [2.45, 2.75) is 19.3 Å². The van der Waals surface area contributed by atoms with Crippen molar-refractivity contribution in [1.82, 2.24) is 4.98 Å². The Kier molecular flexibility index (Phi) is 3.94. The molecule has 106 valence electrons. The number of ether oxygens (including phenoxy) is 1. The SMILES string of the molecule is Cc1ncccc1C(N)c1cccc(OC(F)(F)F)c1. The van der Waals surface area contributed by atoms with Crippen molar-refractivity contribution in [2.75, 3.05) is 0 Å². The first-order valence-electron chi connectivity index (χ1n) is 5.89. The number of hydrogen-bond donors (Lipinski definition) is 1. The van der Waals surface area contributed by atoms with Gasteiger partial charge in [0.2, 0.25) is 0 Å². The van der Waals surface area contributed by atoms with Gasteiger partial charge in [-0.3, -0.25) is 4.98 Å². The minimum absolute atomic E-state index is 0.285. The minimum Gasteiger partial charge on any atom is -0.406 e. The standard InChI is InChI=1S/C14H13F3N2O/c1-9-12(6-3-7-19-9)13(18)10-4-2-5-11(8-10)20-14(15,16)17/h2-8,13H,18H2,1H3. The minimum atomic E-state index is -4.72. The number of aryl methyl sites for hydroxylation is 1. The lowest BCUT2D eigenvalue weighted by molar-refractivity contribution is -0.274.